The number of rotatable bonds is 8. The van der Waals surface area contributed by atoms with Gasteiger partial charge >= 0.3 is 6.18 Å². The number of hydrogen-bond donors (Lipinski definition) is 3. The fraction of sp³-hybridized carbons (Fsp3) is 0.286. The highest BCUT2D eigenvalue weighted by Gasteiger charge is 2.34. The third-order valence-electron chi connectivity index (χ3n) is 4.79. The summed E-state index contributed by atoms with van der Waals surface area (Å²) in [4.78, 5) is 12.3. The number of alkyl halides is 3. The van der Waals surface area contributed by atoms with Gasteiger partial charge in [-0.15, -0.1) is 0 Å². The van der Waals surface area contributed by atoms with E-state index < -0.39 is 23.8 Å². The van der Waals surface area contributed by atoms with Gasteiger partial charge in [-0.3, -0.25) is 14.5 Å². The summed E-state index contributed by atoms with van der Waals surface area (Å²) in [6.07, 6.45) is -6.11. The van der Waals surface area contributed by atoms with Gasteiger partial charge in [-0.05, 0) is 48.1 Å². The Kier molecular flexibility index (Phi) is 7.31. The summed E-state index contributed by atoms with van der Waals surface area (Å²) in [7, 11) is 1.56. The molecule has 3 rings (SSSR count). The molecule has 0 aliphatic rings. The van der Waals surface area contributed by atoms with Crippen molar-refractivity contribution >= 4 is 18.1 Å². The van der Waals surface area contributed by atoms with Crippen molar-refractivity contribution in [2.45, 2.75) is 25.2 Å². The van der Waals surface area contributed by atoms with Crippen LogP contribution < -0.4 is 10.1 Å². The van der Waals surface area contributed by atoms with Gasteiger partial charge in [0, 0.05) is 25.1 Å². The third-order valence-corrected chi connectivity index (χ3v) is 5.10. The number of carbonyl (C=O) groups is 1. The lowest BCUT2D eigenvalue weighted by molar-refractivity contribution is -0.139. The molecule has 3 N–H and O–H groups in total. The summed E-state index contributed by atoms with van der Waals surface area (Å²) in [6.45, 7) is -0.161. The van der Waals surface area contributed by atoms with E-state index in [0.717, 1.165) is 11.6 Å². The molecule has 0 saturated carbocycles. The van der Waals surface area contributed by atoms with Gasteiger partial charge in [0.1, 0.15) is 5.75 Å². The summed E-state index contributed by atoms with van der Waals surface area (Å²) in [5.41, 5.74) is -0.465. The zero-order valence-corrected chi connectivity index (χ0v) is 17.8. The summed E-state index contributed by atoms with van der Waals surface area (Å²) in [5, 5.41) is 19.5. The molecule has 1 aromatic heterocycles. The van der Waals surface area contributed by atoms with Crippen LogP contribution in [0.25, 0.3) is 11.4 Å². The predicted molar refractivity (Wildman–Crippen MR) is 113 cm³/mol. The molecule has 7 nitrogen and oxygen atoms in total. The molecule has 0 radical (unpaired) electrons. The maximum Gasteiger partial charge on any atom is 0.416 e. The van der Waals surface area contributed by atoms with E-state index >= 15 is 0 Å². The lowest BCUT2D eigenvalue weighted by Gasteiger charge is -2.18. The van der Waals surface area contributed by atoms with Crippen molar-refractivity contribution in [2.24, 2.45) is 0 Å². The molecule has 2 aromatic carbocycles. The maximum atomic E-state index is 13.1. The first-order chi connectivity index (χ1) is 15.2. The number of aromatic amines is 1. The van der Waals surface area contributed by atoms with Crippen molar-refractivity contribution < 1.29 is 27.8 Å². The van der Waals surface area contributed by atoms with Crippen LogP contribution in [0.15, 0.2) is 48.5 Å². The first-order valence-electron chi connectivity index (χ1n) is 9.61. The molecule has 0 bridgehead atoms. The lowest BCUT2D eigenvalue weighted by Crippen LogP contribution is -2.30. The van der Waals surface area contributed by atoms with E-state index in [0.29, 0.717) is 16.3 Å². The number of nitrogens with one attached hydrogen (secondary N) is 2. The van der Waals surface area contributed by atoms with Crippen LogP contribution in [0, 0.1) is 4.77 Å². The topological polar surface area (TPSA) is 92.2 Å². The summed E-state index contributed by atoms with van der Waals surface area (Å²) < 4.78 is 46.4. The van der Waals surface area contributed by atoms with E-state index in [-0.39, 0.29) is 25.1 Å². The van der Waals surface area contributed by atoms with Crippen molar-refractivity contribution in [2.75, 3.05) is 13.7 Å². The van der Waals surface area contributed by atoms with Crippen LogP contribution in [0.4, 0.5) is 13.2 Å². The van der Waals surface area contributed by atoms with E-state index in [1.165, 1.54) is 18.2 Å². The second kappa shape index (κ2) is 9.96. The van der Waals surface area contributed by atoms with Crippen molar-refractivity contribution in [1.82, 2.24) is 20.1 Å². The molecule has 0 aliphatic carbocycles. The molecule has 11 heteroatoms. The molecule has 1 heterocycles. The number of hydrogen-bond acceptors (Lipinski definition) is 5. The SMILES string of the molecule is COc1ccc(-c2n[nH]c(=S)n2CCC(=O)NCC(O)c2ccccc2C(F)(F)F)cc1. The van der Waals surface area contributed by atoms with Crippen LogP contribution in [0.5, 0.6) is 5.75 Å². The Bertz CT molecular complexity index is 1130. The number of halogens is 3. The van der Waals surface area contributed by atoms with Crippen molar-refractivity contribution in [1.29, 1.82) is 0 Å². The Morgan fingerprint density at radius 3 is 2.59 bits per heavy atom. The second-order valence-corrected chi connectivity index (χ2v) is 7.27. The molecule has 3 aromatic rings. The molecule has 0 saturated heterocycles. The van der Waals surface area contributed by atoms with E-state index in [9.17, 15) is 23.1 Å². The molecule has 32 heavy (non-hydrogen) atoms. The highest BCUT2D eigenvalue weighted by Crippen LogP contribution is 2.34. The van der Waals surface area contributed by atoms with E-state index in [4.69, 9.17) is 17.0 Å². The number of methoxy groups -OCH3 is 1. The number of carbonyl (C=O) groups excluding carboxylic acids is 1. The van der Waals surface area contributed by atoms with Gasteiger partial charge in [-0.25, -0.2) is 0 Å². The molecule has 1 unspecified atom stereocenters. The number of aliphatic hydroxyl groups excluding tert-OH is 1. The number of amides is 1. The van der Waals surface area contributed by atoms with Crippen LogP contribution in [0.2, 0.25) is 0 Å². The van der Waals surface area contributed by atoms with Crippen molar-refractivity contribution in [3.05, 3.63) is 64.4 Å². The highest BCUT2D eigenvalue weighted by atomic mass is 32.1. The minimum atomic E-state index is -4.60. The average molecular weight is 466 g/mol. The van der Waals surface area contributed by atoms with Gasteiger partial charge in [0.05, 0.1) is 18.8 Å². The van der Waals surface area contributed by atoms with Gasteiger partial charge in [0.2, 0.25) is 5.91 Å². The third kappa shape index (κ3) is 5.54. The number of nitrogens with zero attached hydrogens (tertiary/aromatic N) is 2. The van der Waals surface area contributed by atoms with Gasteiger partial charge in [-0.2, -0.15) is 18.3 Å². The predicted octanol–water partition coefficient (Wildman–Crippen LogP) is 3.87. The molecule has 0 aliphatic heterocycles. The zero-order chi connectivity index (χ0) is 23.3. The first kappa shape index (κ1) is 23.5. The summed E-state index contributed by atoms with van der Waals surface area (Å²) in [6, 6.07) is 11.9. The van der Waals surface area contributed by atoms with Crippen LogP contribution in [0.3, 0.4) is 0 Å². The molecule has 0 fully saturated rings. The molecule has 1 amide bonds. The van der Waals surface area contributed by atoms with E-state index in [1.807, 2.05) is 0 Å². The average Bonchev–Trinajstić information content (AvgIpc) is 3.15. The minimum Gasteiger partial charge on any atom is -0.497 e. The standard InChI is InChI=1S/C21H21F3N4O3S/c1-31-14-8-6-13(7-9-14)19-26-27-20(32)28(19)11-10-18(30)25-12-17(29)15-4-2-3-5-16(15)21(22,23)24/h2-9,17,29H,10-12H2,1H3,(H,25,30)(H,27,32). The fourth-order valence-electron chi connectivity index (χ4n) is 3.15. The lowest BCUT2D eigenvalue weighted by atomic mass is 10.0. The van der Waals surface area contributed by atoms with Crippen LogP contribution in [-0.2, 0) is 17.5 Å². The second-order valence-electron chi connectivity index (χ2n) is 6.89. The molecule has 170 valence electrons. The smallest absolute Gasteiger partial charge is 0.416 e. The first-order valence-corrected chi connectivity index (χ1v) is 10.0. The Morgan fingerprint density at radius 1 is 1.25 bits per heavy atom. The number of benzene rings is 2. The largest absolute Gasteiger partial charge is 0.497 e. The quantitative estimate of drug-likeness (QED) is 0.439. The fourth-order valence-corrected chi connectivity index (χ4v) is 3.38. The van der Waals surface area contributed by atoms with Gasteiger partial charge in [0.25, 0.3) is 0 Å². The van der Waals surface area contributed by atoms with Crippen LogP contribution >= 0.6 is 12.2 Å². The van der Waals surface area contributed by atoms with Gasteiger partial charge < -0.3 is 15.2 Å². The molecule has 0 spiro atoms. The van der Waals surface area contributed by atoms with Crippen LogP contribution in [0.1, 0.15) is 23.7 Å². The van der Waals surface area contributed by atoms with Crippen molar-refractivity contribution in [3.63, 3.8) is 0 Å². The van der Waals surface area contributed by atoms with E-state index in [2.05, 4.69) is 15.5 Å². The zero-order valence-electron chi connectivity index (χ0n) is 17.0. The van der Waals surface area contributed by atoms with E-state index in [1.54, 1.807) is 35.9 Å². The Hall–Kier alpha value is -3.18. The highest BCUT2D eigenvalue weighted by molar-refractivity contribution is 7.71. The minimum absolute atomic E-state index is 0.00929. The normalized spacial score (nSPS) is 12.4. The van der Waals surface area contributed by atoms with Gasteiger partial charge in [-0.1, -0.05) is 18.2 Å². The maximum absolute atomic E-state index is 13.1. The summed E-state index contributed by atoms with van der Waals surface area (Å²) in [5.74, 6) is 0.765. The summed E-state index contributed by atoms with van der Waals surface area (Å²) >= 11 is 5.23. The molecule has 1 atom stereocenters. The Labute approximate surface area is 186 Å². The number of aliphatic hydroxyl groups is 1. The number of aromatic nitrogens is 3. The monoisotopic (exact) mass is 466 g/mol. The number of ether oxygens (including phenoxy) is 1. The molecular weight excluding hydrogens is 445 g/mol. The van der Waals surface area contributed by atoms with Crippen molar-refractivity contribution in [3.8, 4) is 17.1 Å². The van der Waals surface area contributed by atoms with Gasteiger partial charge in [0.15, 0.2) is 10.6 Å². The Balaban J connectivity index is 1.62. The molecular formula is C21H21F3N4O3S. The van der Waals surface area contributed by atoms with Crippen LogP contribution in [-0.4, -0.2) is 39.4 Å². The number of H-pyrrole nitrogens is 1. The Morgan fingerprint density at radius 2 is 1.94 bits per heavy atom.